The van der Waals surface area contributed by atoms with E-state index in [1.54, 1.807) is 17.8 Å². The minimum Gasteiger partial charge on any atom is -0.383 e. The highest BCUT2D eigenvalue weighted by atomic mass is 35.5. The number of hydrogen-bond donors (Lipinski definition) is 2. The predicted octanol–water partition coefficient (Wildman–Crippen LogP) is 0.953. The van der Waals surface area contributed by atoms with Crippen LogP contribution < -0.4 is 11.5 Å². The molecule has 0 atom stereocenters. The van der Waals surface area contributed by atoms with Crippen LogP contribution in [0, 0.1) is 0 Å². The smallest absolute Gasteiger partial charge is 0.243 e. The van der Waals surface area contributed by atoms with Crippen molar-refractivity contribution in [2.24, 2.45) is 0 Å². The molecule has 22 heavy (non-hydrogen) atoms. The van der Waals surface area contributed by atoms with E-state index in [0.717, 1.165) is 11.5 Å². The van der Waals surface area contributed by atoms with E-state index in [4.69, 9.17) is 11.5 Å². The highest BCUT2D eigenvalue weighted by molar-refractivity contribution is 7.99. The van der Waals surface area contributed by atoms with Gasteiger partial charge in [0.25, 0.3) is 0 Å². The standard InChI is InChI=1S/C12H15N5O2S2.ClH/c13-11-9-7-8(1-2-10(9)15-12(14)16-11)21(18,19)17-3-5-20-6-4-17;/h1-2,7H,3-6H2,(H4,13,14,15,16);1H. The minimum atomic E-state index is -3.50. The number of thioether (sulfide) groups is 1. The molecule has 1 saturated heterocycles. The van der Waals surface area contributed by atoms with Crippen molar-refractivity contribution in [2.45, 2.75) is 4.90 Å². The SMILES string of the molecule is Cl.Nc1nc(N)c2cc(S(=O)(=O)N3CCSCC3)ccc2n1. The van der Waals surface area contributed by atoms with Crippen molar-refractivity contribution >= 4 is 56.9 Å². The van der Waals surface area contributed by atoms with Gasteiger partial charge in [-0.25, -0.2) is 13.4 Å². The van der Waals surface area contributed by atoms with E-state index in [1.807, 2.05) is 0 Å². The number of nitrogens with two attached hydrogens (primary N) is 2. The third kappa shape index (κ3) is 3.07. The largest absolute Gasteiger partial charge is 0.383 e. The molecule has 1 aromatic carbocycles. The Kier molecular flexibility index (Phi) is 5.00. The molecule has 2 heterocycles. The first-order chi connectivity index (χ1) is 9.98. The van der Waals surface area contributed by atoms with Crippen LogP contribution in [0.2, 0.25) is 0 Å². The number of nitrogens with zero attached hydrogens (tertiary/aromatic N) is 3. The molecule has 7 nitrogen and oxygen atoms in total. The molecule has 10 heteroatoms. The Bertz CT molecular complexity index is 793. The van der Waals surface area contributed by atoms with Gasteiger partial charge in [-0.1, -0.05) is 0 Å². The fourth-order valence-electron chi connectivity index (χ4n) is 2.25. The highest BCUT2D eigenvalue weighted by Gasteiger charge is 2.26. The third-order valence-corrected chi connectivity index (χ3v) is 6.16. The molecule has 0 radical (unpaired) electrons. The molecular formula is C12H16ClN5O2S2. The second kappa shape index (κ2) is 6.45. The topological polar surface area (TPSA) is 115 Å². The van der Waals surface area contributed by atoms with E-state index in [0.29, 0.717) is 24.0 Å². The molecule has 1 fully saturated rings. The van der Waals surface area contributed by atoms with Crippen molar-refractivity contribution < 1.29 is 8.42 Å². The summed E-state index contributed by atoms with van der Waals surface area (Å²) >= 11 is 1.76. The molecule has 2 aromatic rings. The van der Waals surface area contributed by atoms with Crippen molar-refractivity contribution in [3.05, 3.63) is 18.2 Å². The zero-order chi connectivity index (χ0) is 15.0. The first-order valence-corrected chi connectivity index (χ1v) is 8.98. The molecule has 0 saturated carbocycles. The number of nitrogen functional groups attached to an aromatic ring is 2. The lowest BCUT2D eigenvalue weighted by molar-refractivity contribution is 0.443. The Morgan fingerprint density at radius 2 is 1.82 bits per heavy atom. The lowest BCUT2D eigenvalue weighted by Crippen LogP contribution is -2.37. The van der Waals surface area contributed by atoms with Crippen LogP contribution in [0.25, 0.3) is 10.9 Å². The maximum absolute atomic E-state index is 12.6. The Morgan fingerprint density at radius 1 is 1.14 bits per heavy atom. The summed E-state index contributed by atoms with van der Waals surface area (Å²) in [6.45, 7) is 1.05. The monoisotopic (exact) mass is 361 g/mol. The van der Waals surface area contributed by atoms with Gasteiger partial charge < -0.3 is 11.5 Å². The lowest BCUT2D eigenvalue weighted by Gasteiger charge is -2.25. The quantitative estimate of drug-likeness (QED) is 0.818. The summed E-state index contributed by atoms with van der Waals surface area (Å²) in [6, 6.07) is 4.65. The van der Waals surface area contributed by atoms with Crippen molar-refractivity contribution in [3.63, 3.8) is 0 Å². The van der Waals surface area contributed by atoms with Crippen LogP contribution in [0.3, 0.4) is 0 Å². The summed E-state index contributed by atoms with van der Waals surface area (Å²) in [5, 5.41) is 0.497. The summed E-state index contributed by atoms with van der Waals surface area (Å²) in [6.07, 6.45) is 0. The summed E-state index contributed by atoms with van der Waals surface area (Å²) in [5.74, 6) is 1.89. The number of anilines is 2. The van der Waals surface area contributed by atoms with Crippen LogP contribution in [0.1, 0.15) is 0 Å². The van der Waals surface area contributed by atoms with Gasteiger partial charge in [0.1, 0.15) is 5.82 Å². The minimum absolute atomic E-state index is 0. The molecule has 4 N–H and O–H groups in total. The third-order valence-electron chi connectivity index (χ3n) is 3.32. The van der Waals surface area contributed by atoms with Gasteiger partial charge in [0.2, 0.25) is 16.0 Å². The average Bonchev–Trinajstić information content (AvgIpc) is 2.47. The van der Waals surface area contributed by atoms with Crippen LogP contribution in [0.5, 0.6) is 0 Å². The van der Waals surface area contributed by atoms with Gasteiger partial charge >= 0.3 is 0 Å². The summed E-state index contributed by atoms with van der Waals surface area (Å²) in [5.41, 5.74) is 11.9. The number of sulfonamides is 1. The van der Waals surface area contributed by atoms with Crippen molar-refractivity contribution in [3.8, 4) is 0 Å². The number of rotatable bonds is 2. The van der Waals surface area contributed by atoms with Gasteiger partial charge in [-0.15, -0.1) is 12.4 Å². The highest BCUT2D eigenvalue weighted by Crippen LogP contribution is 2.25. The molecule has 3 rings (SSSR count). The van der Waals surface area contributed by atoms with Gasteiger partial charge in [-0.3, -0.25) is 0 Å². The van der Waals surface area contributed by atoms with Gasteiger partial charge in [0, 0.05) is 30.0 Å². The number of aromatic nitrogens is 2. The molecule has 1 aliphatic heterocycles. The van der Waals surface area contributed by atoms with E-state index in [9.17, 15) is 8.42 Å². The van der Waals surface area contributed by atoms with Crippen molar-refractivity contribution in [2.75, 3.05) is 36.1 Å². The molecule has 1 aromatic heterocycles. The van der Waals surface area contributed by atoms with E-state index in [-0.39, 0.29) is 29.1 Å². The molecule has 0 spiro atoms. The molecule has 1 aliphatic rings. The number of fused-ring (bicyclic) bond motifs is 1. The second-order valence-corrected chi connectivity index (χ2v) is 7.83. The Morgan fingerprint density at radius 3 is 2.50 bits per heavy atom. The fraction of sp³-hybridized carbons (Fsp3) is 0.333. The molecule has 0 aliphatic carbocycles. The average molecular weight is 362 g/mol. The van der Waals surface area contributed by atoms with Gasteiger partial charge in [-0.05, 0) is 18.2 Å². The molecular weight excluding hydrogens is 346 g/mol. The van der Waals surface area contributed by atoms with E-state index < -0.39 is 10.0 Å². The number of halogens is 1. The van der Waals surface area contributed by atoms with E-state index in [2.05, 4.69) is 9.97 Å². The van der Waals surface area contributed by atoms with Crippen molar-refractivity contribution in [1.82, 2.24) is 14.3 Å². The maximum atomic E-state index is 12.6. The van der Waals surface area contributed by atoms with Crippen LogP contribution >= 0.6 is 24.2 Å². The summed E-state index contributed by atoms with van der Waals surface area (Å²) in [4.78, 5) is 8.13. The van der Waals surface area contributed by atoms with Gasteiger partial charge in [0.05, 0.1) is 10.4 Å². The van der Waals surface area contributed by atoms with E-state index >= 15 is 0 Å². The molecule has 0 unspecified atom stereocenters. The zero-order valence-electron chi connectivity index (χ0n) is 11.6. The fourth-order valence-corrected chi connectivity index (χ4v) is 4.85. The van der Waals surface area contributed by atoms with Crippen molar-refractivity contribution in [1.29, 1.82) is 0 Å². The molecule has 0 bridgehead atoms. The van der Waals surface area contributed by atoms with Crippen LogP contribution in [-0.4, -0.2) is 47.3 Å². The second-order valence-electron chi connectivity index (χ2n) is 4.66. The predicted molar refractivity (Wildman–Crippen MR) is 91.7 cm³/mol. The van der Waals surface area contributed by atoms with Crippen LogP contribution in [-0.2, 0) is 10.0 Å². The van der Waals surface area contributed by atoms with Crippen LogP contribution in [0.4, 0.5) is 11.8 Å². The summed E-state index contributed by atoms with van der Waals surface area (Å²) in [7, 11) is -3.50. The molecule has 120 valence electrons. The van der Waals surface area contributed by atoms with Crippen LogP contribution in [0.15, 0.2) is 23.1 Å². The number of hydrogen-bond acceptors (Lipinski definition) is 7. The normalized spacial score (nSPS) is 16.4. The van der Waals surface area contributed by atoms with Gasteiger partial charge in [0.15, 0.2) is 0 Å². The Hall–Kier alpha value is -1.29. The zero-order valence-corrected chi connectivity index (χ0v) is 14.0. The Balaban J connectivity index is 0.00000176. The molecule has 0 amide bonds. The number of benzene rings is 1. The van der Waals surface area contributed by atoms with Gasteiger partial charge in [-0.2, -0.15) is 21.1 Å². The Labute approximate surface area is 138 Å². The first kappa shape index (κ1) is 17.1. The first-order valence-electron chi connectivity index (χ1n) is 6.39. The lowest BCUT2D eigenvalue weighted by atomic mass is 10.2. The summed E-state index contributed by atoms with van der Waals surface area (Å²) < 4.78 is 26.7. The van der Waals surface area contributed by atoms with E-state index in [1.165, 1.54) is 16.4 Å². The maximum Gasteiger partial charge on any atom is 0.243 e.